The molecular weight excluding hydrogens is 158 g/mol. The van der Waals surface area contributed by atoms with Crippen molar-refractivity contribution < 1.29 is 14.6 Å². The fourth-order valence-electron chi connectivity index (χ4n) is 1.93. The first-order chi connectivity index (χ1) is 5.77. The van der Waals surface area contributed by atoms with Crippen LogP contribution < -0.4 is 5.32 Å². The van der Waals surface area contributed by atoms with Crippen molar-refractivity contribution in [3.63, 3.8) is 0 Å². The fourth-order valence-corrected chi connectivity index (χ4v) is 1.93. The molecular formula is C8H13NO3. The van der Waals surface area contributed by atoms with Gasteiger partial charge < -0.3 is 15.2 Å². The molecule has 68 valence electrons. The van der Waals surface area contributed by atoms with E-state index >= 15 is 0 Å². The van der Waals surface area contributed by atoms with E-state index in [0.29, 0.717) is 0 Å². The lowest BCUT2D eigenvalue weighted by molar-refractivity contribution is 0.0820. The van der Waals surface area contributed by atoms with Gasteiger partial charge in [-0.2, -0.15) is 0 Å². The summed E-state index contributed by atoms with van der Waals surface area (Å²) in [6.07, 6.45) is 2.79. The Hall–Kier alpha value is -0.770. The zero-order valence-electron chi connectivity index (χ0n) is 6.82. The Morgan fingerprint density at radius 1 is 1.42 bits per heavy atom. The summed E-state index contributed by atoms with van der Waals surface area (Å²) in [5, 5.41) is 12.2. The van der Waals surface area contributed by atoms with Crippen LogP contribution in [0.3, 0.4) is 0 Å². The molecule has 0 radical (unpaired) electrons. The number of hydrogen-bond donors (Lipinski definition) is 2. The predicted molar refractivity (Wildman–Crippen MR) is 41.7 cm³/mol. The SMILES string of the molecule is O=C1N[C@H]2[C@@H](O)CCCC[C@H]2O1. The van der Waals surface area contributed by atoms with Crippen LogP contribution in [0.25, 0.3) is 0 Å². The summed E-state index contributed by atoms with van der Waals surface area (Å²) in [5.41, 5.74) is 0. The van der Waals surface area contributed by atoms with E-state index in [-0.39, 0.29) is 18.2 Å². The molecule has 3 atom stereocenters. The molecule has 0 aromatic carbocycles. The third-order valence-electron chi connectivity index (χ3n) is 2.60. The molecule has 1 saturated carbocycles. The molecule has 2 fully saturated rings. The Morgan fingerprint density at radius 3 is 3.00 bits per heavy atom. The van der Waals surface area contributed by atoms with E-state index in [1.807, 2.05) is 0 Å². The molecule has 2 rings (SSSR count). The van der Waals surface area contributed by atoms with Crippen LogP contribution in [0.1, 0.15) is 25.7 Å². The number of amides is 1. The van der Waals surface area contributed by atoms with Crippen molar-refractivity contribution in [2.75, 3.05) is 0 Å². The second kappa shape index (κ2) is 2.94. The van der Waals surface area contributed by atoms with Gasteiger partial charge in [0.1, 0.15) is 6.10 Å². The molecule has 1 saturated heterocycles. The highest BCUT2D eigenvalue weighted by Crippen LogP contribution is 2.24. The van der Waals surface area contributed by atoms with Crippen LogP contribution in [0.15, 0.2) is 0 Å². The van der Waals surface area contributed by atoms with Gasteiger partial charge in [-0.3, -0.25) is 0 Å². The number of hydrogen-bond acceptors (Lipinski definition) is 3. The van der Waals surface area contributed by atoms with E-state index < -0.39 is 6.10 Å². The summed E-state index contributed by atoms with van der Waals surface area (Å²) >= 11 is 0. The Labute approximate surface area is 70.9 Å². The molecule has 4 nitrogen and oxygen atoms in total. The molecule has 0 aromatic heterocycles. The summed E-state index contributed by atoms with van der Waals surface area (Å²) in [6, 6.07) is -0.167. The molecule has 0 spiro atoms. The van der Waals surface area contributed by atoms with Gasteiger partial charge >= 0.3 is 6.09 Å². The molecule has 12 heavy (non-hydrogen) atoms. The molecule has 2 aliphatic rings. The number of fused-ring (bicyclic) bond motifs is 1. The van der Waals surface area contributed by atoms with E-state index in [4.69, 9.17) is 4.74 Å². The number of aliphatic hydroxyl groups excluding tert-OH is 1. The molecule has 1 amide bonds. The second-order valence-electron chi connectivity index (χ2n) is 3.47. The lowest BCUT2D eigenvalue weighted by Crippen LogP contribution is -2.41. The summed E-state index contributed by atoms with van der Waals surface area (Å²) in [5.74, 6) is 0. The number of rotatable bonds is 0. The zero-order valence-corrected chi connectivity index (χ0v) is 6.82. The quantitative estimate of drug-likeness (QED) is 0.554. The van der Waals surface area contributed by atoms with Gasteiger partial charge in [-0.05, 0) is 19.3 Å². The zero-order chi connectivity index (χ0) is 8.55. The van der Waals surface area contributed by atoms with Gasteiger partial charge in [-0.15, -0.1) is 0 Å². The number of nitrogens with one attached hydrogen (secondary N) is 1. The first-order valence-corrected chi connectivity index (χ1v) is 4.42. The Balaban J connectivity index is 2.09. The first kappa shape index (κ1) is 7.86. The number of carbonyl (C=O) groups is 1. The van der Waals surface area contributed by atoms with Crippen LogP contribution >= 0.6 is 0 Å². The van der Waals surface area contributed by atoms with Crippen molar-refractivity contribution in [2.45, 2.75) is 43.9 Å². The van der Waals surface area contributed by atoms with Crippen LogP contribution in [-0.2, 0) is 4.74 Å². The average molecular weight is 171 g/mol. The maximum atomic E-state index is 10.8. The summed E-state index contributed by atoms with van der Waals surface area (Å²) in [6.45, 7) is 0. The first-order valence-electron chi connectivity index (χ1n) is 4.42. The van der Waals surface area contributed by atoms with Crippen molar-refractivity contribution in [3.8, 4) is 0 Å². The minimum absolute atomic E-state index is 0.102. The van der Waals surface area contributed by atoms with Crippen molar-refractivity contribution in [1.82, 2.24) is 5.32 Å². The minimum atomic E-state index is -0.427. The lowest BCUT2D eigenvalue weighted by atomic mass is 10.1. The number of aliphatic hydroxyl groups is 1. The van der Waals surface area contributed by atoms with Gasteiger partial charge in [0.05, 0.1) is 12.1 Å². The van der Waals surface area contributed by atoms with Crippen molar-refractivity contribution >= 4 is 6.09 Å². The molecule has 1 aliphatic carbocycles. The van der Waals surface area contributed by atoms with Crippen molar-refractivity contribution in [1.29, 1.82) is 0 Å². The van der Waals surface area contributed by atoms with Crippen LogP contribution in [0.2, 0.25) is 0 Å². The molecule has 0 bridgehead atoms. The molecule has 1 heterocycles. The lowest BCUT2D eigenvalue weighted by Gasteiger charge is -2.17. The van der Waals surface area contributed by atoms with Crippen LogP contribution in [0.4, 0.5) is 4.79 Å². The van der Waals surface area contributed by atoms with Gasteiger partial charge in [0.25, 0.3) is 0 Å². The maximum absolute atomic E-state index is 10.8. The molecule has 0 unspecified atom stereocenters. The maximum Gasteiger partial charge on any atom is 0.407 e. The van der Waals surface area contributed by atoms with Crippen molar-refractivity contribution in [2.24, 2.45) is 0 Å². The van der Waals surface area contributed by atoms with Crippen LogP contribution in [-0.4, -0.2) is 29.4 Å². The summed E-state index contributed by atoms with van der Waals surface area (Å²) in [7, 11) is 0. The van der Waals surface area contributed by atoms with E-state index in [0.717, 1.165) is 25.7 Å². The minimum Gasteiger partial charge on any atom is -0.444 e. The summed E-state index contributed by atoms with van der Waals surface area (Å²) < 4.78 is 5.01. The fraction of sp³-hybridized carbons (Fsp3) is 0.875. The van der Waals surface area contributed by atoms with Gasteiger partial charge in [0, 0.05) is 0 Å². The number of carbonyl (C=O) groups excluding carboxylic acids is 1. The molecule has 1 aliphatic heterocycles. The molecule has 0 aromatic rings. The van der Waals surface area contributed by atoms with Crippen LogP contribution in [0.5, 0.6) is 0 Å². The van der Waals surface area contributed by atoms with Crippen molar-refractivity contribution in [3.05, 3.63) is 0 Å². The standard InChI is InChI=1S/C8H13NO3/c10-5-3-1-2-4-6-7(5)9-8(11)12-6/h5-7,10H,1-4H2,(H,9,11)/t5-,6+,7-/m0/s1. The number of ether oxygens (including phenoxy) is 1. The van der Waals surface area contributed by atoms with Gasteiger partial charge in [-0.25, -0.2) is 4.79 Å². The third kappa shape index (κ3) is 1.27. The highest BCUT2D eigenvalue weighted by molar-refractivity contribution is 5.70. The second-order valence-corrected chi connectivity index (χ2v) is 3.47. The van der Waals surface area contributed by atoms with Gasteiger partial charge in [0.2, 0.25) is 0 Å². The van der Waals surface area contributed by atoms with E-state index in [2.05, 4.69) is 5.32 Å². The Kier molecular flexibility index (Phi) is 1.92. The third-order valence-corrected chi connectivity index (χ3v) is 2.60. The monoisotopic (exact) mass is 171 g/mol. The van der Waals surface area contributed by atoms with Crippen LogP contribution in [0, 0.1) is 0 Å². The predicted octanol–water partition coefficient (Wildman–Crippen LogP) is 0.398. The smallest absolute Gasteiger partial charge is 0.407 e. The van der Waals surface area contributed by atoms with Gasteiger partial charge in [-0.1, -0.05) is 6.42 Å². The normalized spacial score (nSPS) is 41.1. The highest BCUT2D eigenvalue weighted by atomic mass is 16.6. The average Bonchev–Trinajstić information content (AvgIpc) is 2.33. The highest BCUT2D eigenvalue weighted by Gasteiger charge is 2.39. The molecule has 2 N–H and O–H groups in total. The van der Waals surface area contributed by atoms with E-state index in [1.165, 1.54) is 0 Å². The van der Waals surface area contributed by atoms with Gasteiger partial charge in [0.15, 0.2) is 0 Å². The topological polar surface area (TPSA) is 58.6 Å². The van der Waals surface area contributed by atoms with E-state index in [9.17, 15) is 9.90 Å². The summed E-state index contributed by atoms with van der Waals surface area (Å²) in [4.78, 5) is 10.8. The molecule has 4 heteroatoms. The largest absolute Gasteiger partial charge is 0.444 e. The number of alkyl carbamates (subject to hydrolysis) is 1. The Bertz CT molecular complexity index is 195. The van der Waals surface area contributed by atoms with E-state index in [1.54, 1.807) is 0 Å². The Morgan fingerprint density at radius 2 is 2.17 bits per heavy atom.